The lowest BCUT2D eigenvalue weighted by Crippen LogP contribution is -2.21. The molecule has 0 N–H and O–H groups in total. The zero-order chi connectivity index (χ0) is 13.1. The molecule has 17 heavy (non-hydrogen) atoms. The van der Waals surface area contributed by atoms with Gasteiger partial charge in [0.25, 0.3) is 0 Å². The molecule has 0 spiro atoms. The van der Waals surface area contributed by atoms with Crippen LogP contribution in [0.25, 0.3) is 0 Å². The molecule has 0 aliphatic carbocycles. The normalized spacial score (nSPS) is 13.9. The quantitative estimate of drug-likeness (QED) is 0.357. The minimum atomic E-state index is 0.555. The van der Waals surface area contributed by atoms with E-state index >= 15 is 0 Å². The predicted molar refractivity (Wildman–Crippen MR) is 80.5 cm³/mol. The largest absolute Gasteiger partial charge is 0.0654 e. The summed E-state index contributed by atoms with van der Waals surface area (Å²) >= 11 is 0. The highest BCUT2D eigenvalue weighted by Gasteiger charge is 2.24. The Hall–Kier alpha value is 0. The molecule has 0 nitrogen and oxygen atoms in total. The molecule has 0 heteroatoms. The van der Waals surface area contributed by atoms with Crippen LogP contribution < -0.4 is 0 Å². The molecule has 0 aromatic heterocycles. The van der Waals surface area contributed by atoms with E-state index in [0.717, 1.165) is 5.92 Å². The zero-order valence-corrected chi connectivity index (χ0v) is 13.1. The summed E-state index contributed by atoms with van der Waals surface area (Å²) in [6, 6.07) is 0. The van der Waals surface area contributed by atoms with Crippen LogP contribution in [0.1, 0.15) is 98.8 Å². The van der Waals surface area contributed by atoms with Crippen molar-refractivity contribution < 1.29 is 0 Å². The van der Waals surface area contributed by atoms with Gasteiger partial charge in [0.2, 0.25) is 0 Å². The van der Waals surface area contributed by atoms with Crippen molar-refractivity contribution in [2.75, 3.05) is 0 Å². The lowest BCUT2D eigenvalue weighted by Gasteiger charge is -2.32. The summed E-state index contributed by atoms with van der Waals surface area (Å²) in [4.78, 5) is 0. The molecule has 0 bridgehead atoms. The van der Waals surface area contributed by atoms with Crippen LogP contribution in [0.15, 0.2) is 0 Å². The summed E-state index contributed by atoms with van der Waals surface area (Å²) < 4.78 is 0. The maximum atomic E-state index is 2.47. The van der Waals surface area contributed by atoms with Gasteiger partial charge in [-0.25, -0.2) is 0 Å². The molecular formula is C17H36. The SMILES string of the molecule is CCCCCCCCC(C)(C)C(C)CCCC. The highest BCUT2D eigenvalue weighted by molar-refractivity contribution is 4.75. The molecule has 1 atom stereocenters. The van der Waals surface area contributed by atoms with Crippen LogP contribution in [-0.4, -0.2) is 0 Å². The maximum absolute atomic E-state index is 2.47. The van der Waals surface area contributed by atoms with Crippen molar-refractivity contribution in [3.63, 3.8) is 0 Å². The molecule has 0 aromatic carbocycles. The Morgan fingerprint density at radius 1 is 0.765 bits per heavy atom. The second kappa shape index (κ2) is 9.97. The van der Waals surface area contributed by atoms with Gasteiger partial charge in [0.15, 0.2) is 0 Å². The average molecular weight is 240 g/mol. The van der Waals surface area contributed by atoms with E-state index in [1.165, 1.54) is 64.2 Å². The van der Waals surface area contributed by atoms with E-state index in [0.29, 0.717) is 5.41 Å². The van der Waals surface area contributed by atoms with Crippen molar-refractivity contribution in [3.05, 3.63) is 0 Å². The zero-order valence-electron chi connectivity index (χ0n) is 13.1. The van der Waals surface area contributed by atoms with Gasteiger partial charge in [-0.3, -0.25) is 0 Å². The number of hydrogen-bond acceptors (Lipinski definition) is 0. The molecule has 0 heterocycles. The highest BCUT2D eigenvalue weighted by Crippen LogP contribution is 2.35. The molecule has 0 saturated heterocycles. The van der Waals surface area contributed by atoms with Gasteiger partial charge in [-0.2, -0.15) is 0 Å². The van der Waals surface area contributed by atoms with Crippen LogP contribution in [0.4, 0.5) is 0 Å². The summed E-state index contributed by atoms with van der Waals surface area (Å²) in [5.74, 6) is 0.887. The molecule has 0 aliphatic heterocycles. The van der Waals surface area contributed by atoms with Crippen LogP contribution in [-0.2, 0) is 0 Å². The second-order valence-corrected chi connectivity index (χ2v) is 6.55. The molecule has 104 valence electrons. The first-order chi connectivity index (χ1) is 8.04. The Kier molecular flexibility index (Phi) is 9.97. The van der Waals surface area contributed by atoms with Gasteiger partial charge in [-0.1, -0.05) is 92.4 Å². The van der Waals surface area contributed by atoms with Gasteiger partial charge in [0.1, 0.15) is 0 Å². The maximum Gasteiger partial charge on any atom is -0.0329 e. The molecule has 0 saturated carbocycles. The van der Waals surface area contributed by atoms with Gasteiger partial charge < -0.3 is 0 Å². The van der Waals surface area contributed by atoms with Crippen LogP contribution in [0.3, 0.4) is 0 Å². The average Bonchev–Trinajstić information content (AvgIpc) is 2.30. The summed E-state index contributed by atoms with van der Waals surface area (Å²) in [5.41, 5.74) is 0.555. The lowest BCUT2D eigenvalue weighted by atomic mass is 9.74. The fraction of sp³-hybridized carbons (Fsp3) is 1.00. The van der Waals surface area contributed by atoms with Crippen LogP contribution >= 0.6 is 0 Å². The minimum Gasteiger partial charge on any atom is -0.0654 e. The van der Waals surface area contributed by atoms with Crippen molar-refractivity contribution in [2.24, 2.45) is 11.3 Å². The molecule has 0 fully saturated rings. The Balaban J connectivity index is 3.61. The van der Waals surface area contributed by atoms with E-state index in [1.807, 2.05) is 0 Å². The van der Waals surface area contributed by atoms with Crippen molar-refractivity contribution in [3.8, 4) is 0 Å². The summed E-state index contributed by atoms with van der Waals surface area (Å²) in [6.45, 7) is 12.0. The van der Waals surface area contributed by atoms with Crippen LogP contribution in [0, 0.1) is 11.3 Å². The van der Waals surface area contributed by atoms with Gasteiger partial charge in [-0.15, -0.1) is 0 Å². The molecule has 0 rings (SSSR count). The molecule has 0 radical (unpaired) electrons. The summed E-state index contributed by atoms with van der Waals surface area (Å²) in [7, 11) is 0. The van der Waals surface area contributed by atoms with E-state index in [2.05, 4.69) is 34.6 Å². The Labute approximate surface area is 111 Å². The van der Waals surface area contributed by atoms with Crippen molar-refractivity contribution in [1.82, 2.24) is 0 Å². The van der Waals surface area contributed by atoms with Gasteiger partial charge in [-0.05, 0) is 17.8 Å². The summed E-state index contributed by atoms with van der Waals surface area (Å²) in [6.07, 6.45) is 14.2. The van der Waals surface area contributed by atoms with E-state index in [1.54, 1.807) is 0 Å². The highest BCUT2D eigenvalue weighted by atomic mass is 14.3. The third kappa shape index (κ3) is 8.69. The van der Waals surface area contributed by atoms with Crippen LogP contribution in [0.5, 0.6) is 0 Å². The van der Waals surface area contributed by atoms with Gasteiger partial charge in [0.05, 0.1) is 0 Å². The predicted octanol–water partition coefficient (Wildman–Crippen LogP) is 6.59. The number of rotatable bonds is 11. The first-order valence-corrected chi connectivity index (χ1v) is 8.04. The number of hydrogen-bond donors (Lipinski definition) is 0. The standard InChI is InChI=1S/C17H36/c1-6-8-10-11-12-13-15-17(4,5)16(3)14-9-7-2/h16H,6-15H2,1-5H3. The lowest BCUT2D eigenvalue weighted by molar-refractivity contribution is 0.190. The second-order valence-electron chi connectivity index (χ2n) is 6.55. The minimum absolute atomic E-state index is 0.555. The molecule has 0 aromatic rings. The third-order valence-corrected chi connectivity index (χ3v) is 4.50. The van der Waals surface area contributed by atoms with Gasteiger partial charge in [0, 0.05) is 0 Å². The van der Waals surface area contributed by atoms with E-state index < -0.39 is 0 Å². The molecule has 1 unspecified atom stereocenters. The van der Waals surface area contributed by atoms with Gasteiger partial charge >= 0.3 is 0 Å². The monoisotopic (exact) mass is 240 g/mol. The fourth-order valence-electron chi connectivity index (χ4n) is 2.51. The van der Waals surface area contributed by atoms with E-state index in [-0.39, 0.29) is 0 Å². The Morgan fingerprint density at radius 2 is 1.29 bits per heavy atom. The van der Waals surface area contributed by atoms with Crippen molar-refractivity contribution in [1.29, 1.82) is 0 Å². The Morgan fingerprint density at radius 3 is 1.88 bits per heavy atom. The van der Waals surface area contributed by atoms with Crippen molar-refractivity contribution >= 4 is 0 Å². The smallest absolute Gasteiger partial charge is 0.0329 e. The summed E-state index contributed by atoms with van der Waals surface area (Å²) in [5, 5.41) is 0. The molecular weight excluding hydrogens is 204 g/mol. The third-order valence-electron chi connectivity index (χ3n) is 4.50. The number of unbranched alkanes of at least 4 members (excludes halogenated alkanes) is 6. The van der Waals surface area contributed by atoms with Crippen molar-refractivity contribution in [2.45, 2.75) is 98.8 Å². The molecule has 0 amide bonds. The molecule has 0 aliphatic rings. The Bertz CT molecular complexity index is 157. The topological polar surface area (TPSA) is 0 Å². The first kappa shape index (κ1) is 17.0. The first-order valence-electron chi connectivity index (χ1n) is 8.04. The van der Waals surface area contributed by atoms with E-state index in [9.17, 15) is 0 Å². The fourth-order valence-corrected chi connectivity index (χ4v) is 2.51. The van der Waals surface area contributed by atoms with E-state index in [4.69, 9.17) is 0 Å². The van der Waals surface area contributed by atoms with Crippen LogP contribution in [0.2, 0.25) is 0 Å².